The first-order valence-electron chi connectivity index (χ1n) is 7.59. The third-order valence-corrected chi connectivity index (χ3v) is 2.98. The summed E-state index contributed by atoms with van der Waals surface area (Å²) in [4.78, 5) is 22.9. The van der Waals surface area contributed by atoms with Crippen LogP contribution >= 0.6 is 0 Å². The first-order chi connectivity index (χ1) is 9.06. The standard InChI is InChI=1S/C15H30N2O2/c1-4-5-6-7-8-14(18)16-11-12-17-15(19)10-9-13(2)3/h13H,4-12H2,1-3H3,(H,16,18)(H,17,19). The summed E-state index contributed by atoms with van der Waals surface area (Å²) in [5.74, 6) is 0.715. The molecule has 0 saturated carbocycles. The second-order valence-corrected chi connectivity index (χ2v) is 5.44. The Morgan fingerprint density at radius 2 is 1.47 bits per heavy atom. The van der Waals surface area contributed by atoms with Crippen LogP contribution in [0.5, 0.6) is 0 Å². The third kappa shape index (κ3) is 13.2. The van der Waals surface area contributed by atoms with Crippen molar-refractivity contribution in [3.8, 4) is 0 Å². The molecule has 0 atom stereocenters. The minimum atomic E-state index is 0.0749. The molecule has 112 valence electrons. The van der Waals surface area contributed by atoms with Gasteiger partial charge in [0.1, 0.15) is 0 Å². The fraction of sp³-hybridized carbons (Fsp3) is 0.867. The van der Waals surface area contributed by atoms with E-state index in [1.165, 1.54) is 12.8 Å². The molecule has 0 aromatic carbocycles. The van der Waals surface area contributed by atoms with Gasteiger partial charge in [-0.05, 0) is 18.8 Å². The predicted octanol–water partition coefficient (Wildman–Crippen LogP) is 2.63. The molecule has 0 aliphatic carbocycles. The Hall–Kier alpha value is -1.06. The van der Waals surface area contributed by atoms with E-state index in [0.717, 1.165) is 19.3 Å². The van der Waals surface area contributed by atoms with Crippen LogP contribution in [0, 0.1) is 5.92 Å². The summed E-state index contributed by atoms with van der Waals surface area (Å²) < 4.78 is 0. The molecule has 4 nitrogen and oxygen atoms in total. The van der Waals surface area contributed by atoms with Crippen molar-refractivity contribution >= 4 is 11.8 Å². The average Bonchev–Trinajstić information content (AvgIpc) is 2.37. The number of nitrogens with one attached hydrogen (secondary N) is 2. The number of rotatable bonds is 11. The van der Waals surface area contributed by atoms with Gasteiger partial charge in [-0.15, -0.1) is 0 Å². The molecule has 0 fully saturated rings. The van der Waals surface area contributed by atoms with E-state index < -0.39 is 0 Å². The van der Waals surface area contributed by atoms with E-state index in [9.17, 15) is 9.59 Å². The van der Waals surface area contributed by atoms with Crippen LogP contribution in [0.25, 0.3) is 0 Å². The average molecular weight is 270 g/mol. The van der Waals surface area contributed by atoms with Crippen LogP contribution in [-0.2, 0) is 9.59 Å². The third-order valence-electron chi connectivity index (χ3n) is 2.98. The van der Waals surface area contributed by atoms with Gasteiger partial charge in [-0.3, -0.25) is 9.59 Å². The summed E-state index contributed by atoms with van der Waals surface area (Å²) in [5, 5.41) is 5.64. The van der Waals surface area contributed by atoms with Gasteiger partial charge >= 0.3 is 0 Å². The highest BCUT2D eigenvalue weighted by molar-refractivity contribution is 5.77. The molecule has 0 heterocycles. The quantitative estimate of drug-likeness (QED) is 0.567. The largest absolute Gasteiger partial charge is 0.354 e. The molecule has 0 spiro atoms. The first kappa shape index (κ1) is 17.9. The molecule has 19 heavy (non-hydrogen) atoms. The number of carbonyl (C=O) groups excluding carboxylic acids is 2. The summed E-state index contributed by atoms with van der Waals surface area (Å²) in [7, 11) is 0. The molecule has 0 saturated heterocycles. The Morgan fingerprint density at radius 1 is 0.895 bits per heavy atom. The van der Waals surface area contributed by atoms with Crippen molar-refractivity contribution in [1.82, 2.24) is 10.6 Å². The van der Waals surface area contributed by atoms with Crippen LogP contribution in [0.15, 0.2) is 0 Å². The minimum absolute atomic E-state index is 0.0749. The maximum absolute atomic E-state index is 11.4. The Bertz CT molecular complexity index is 253. The lowest BCUT2D eigenvalue weighted by Crippen LogP contribution is -2.34. The Labute approximate surface area is 117 Å². The van der Waals surface area contributed by atoms with Crippen LogP contribution in [0.2, 0.25) is 0 Å². The topological polar surface area (TPSA) is 58.2 Å². The lowest BCUT2D eigenvalue weighted by molar-refractivity contribution is -0.123. The van der Waals surface area contributed by atoms with Gasteiger partial charge in [-0.2, -0.15) is 0 Å². The van der Waals surface area contributed by atoms with Crippen molar-refractivity contribution in [3.05, 3.63) is 0 Å². The van der Waals surface area contributed by atoms with Crippen molar-refractivity contribution in [2.45, 2.75) is 65.7 Å². The summed E-state index contributed by atoms with van der Waals surface area (Å²) in [6.07, 6.45) is 6.54. The number of amides is 2. The van der Waals surface area contributed by atoms with E-state index >= 15 is 0 Å². The SMILES string of the molecule is CCCCCCC(=O)NCCNC(=O)CCC(C)C. The molecule has 0 unspecified atom stereocenters. The summed E-state index contributed by atoms with van der Waals surface area (Å²) >= 11 is 0. The highest BCUT2D eigenvalue weighted by atomic mass is 16.2. The molecule has 4 heteroatoms. The fourth-order valence-corrected chi connectivity index (χ4v) is 1.71. The highest BCUT2D eigenvalue weighted by Gasteiger charge is 2.03. The van der Waals surface area contributed by atoms with Gasteiger partial charge in [0.25, 0.3) is 0 Å². The summed E-state index contributed by atoms with van der Waals surface area (Å²) in [6, 6.07) is 0. The van der Waals surface area contributed by atoms with Gasteiger partial charge < -0.3 is 10.6 Å². The number of hydrogen-bond acceptors (Lipinski definition) is 2. The first-order valence-corrected chi connectivity index (χ1v) is 7.59. The van der Waals surface area contributed by atoms with Crippen molar-refractivity contribution in [3.63, 3.8) is 0 Å². The van der Waals surface area contributed by atoms with Gasteiger partial charge in [0.05, 0.1) is 0 Å². The molecule has 0 aliphatic heterocycles. The number of carbonyl (C=O) groups is 2. The van der Waals surface area contributed by atoms with E-state index in [2.05, 4.69) is 31.4 Å². The lowest BCUT2D eigenvalue weighted by atomic mass is 10.1. The van der Waals surface area contributed by atoms with E-state index in [1.807, 2.05) is 0 Å². The zero-order valence-corrected chi connectivity index (χ0v) is 12.8. The van der Waals surface area contributed by atoms with Gasteiger partial charge in [-0.25, -0.2) is 0 Å². The van der Waals surface area contributed by atoms with Crippen molar-refractivity contribution < 1.29 is 9.59 Å². The van der Waals surface area contributed by atoms with Crippen LogP contribution in [0.1, 0.15) is 65.7 Å². The zero-order chi connectivity index (χ0) is 14.5. The lowest BCUT2D eigenvalue weighted by Gasteiger charge is -2.08. The summed E-state index contributed by atoms with van der Waals surface area (Å²) in [5.41, 5.74) is 0. The molecule has 0 aromatic rings. The maximum Gasteiger partial charge on any atom is 0.220 e. The smallest absolute Gasteiger partial charge is 0.220 e. The van der Waals surface area contributed by atoms with Crippen molar-refractivity contribution in [2.75, 3.05) is 13.1 Å². The van der Waals surface area contributed by atoms with Crippen molar-refractivity contribution in [1.29, 1.82) is 0 Å². The Balaban J connectivity index is 3.37. The molecular weight excluding hydrogens is 240 g/mol. The summed E-state index contributed by atoms with van der Waals surface area (Å²) in [6.45, 7) is 7.41. The monoisotopic (exact) mass is 270 g/mol. The van der Waals surface area contributed by atoms with E-state index in [-0.39, 0.29) is 11.8 Å². The highest BCUT2D eigenvalue weighted by Crippen LogP contribution is 2.02. The predicted molar refractivity (Wildman–Crippen MR) is 78.9 cm³/mol. The molecule has 2 amide bonds. The molecule has 0 radical (unpaired) electrons. The van der Waals surface area contributed by atoms with Gasteiger partial charge in [0.2, 0.25) is 11.8 Å². The van der Waals surface area contributed by atoms with Gasteiger partial charge in [0.15, 0.2) is 0 Å². The molecule has 0 rings (SSSR count). The Kier molecular flexibility index (Phi) is 11.3. The zero-order valence-electron chi connectivity index (χ0n) is 12.8. The number of unbranched alkanes of at least 4 members (excludes halogenated alkanes) is 3. The van der Waals surface area contributed by atoms with Crippen molar-refractivity contribution in [2.24, 2.45) is 5.92 Å². The molecule has 2 N–H and O–H groups in total. The maximum atomic E-state index is 11.4. The van der Waals surface area contributed by atoms with Crippen LogP contribution < -0.4 is 10.6 Å². The second kappa shape index (κ2) is 12.0. The molecule has 0 bridgehead atoms. The normalized spacial score (nSPS) is 10.5. The number of hydrogen-bond donors (Lipinski definition) is 2. The molecule has 0 aliphatic rings. The Morgan fingerprint density at radius 3 is 2.00 bits per heavy atom. The van der Waals surface area contributed by atoms with E-state index in [1.54, 1.807) is 0 Å². The second-order valence-electron chi connectivity index (χ2n) is 5.44. The van der Waals surface area contributed by atoms with Crippen LogP contribution in [0.4, 0.5) is 0 Å². The van der Waals surface area contributed by atoms with Crippen LogP contribution in [0.3, 0.4) is 0 Å². The molecular formula is C15H30N2O2. The van der Waals surface area contributed by atoms with E-state index in [0.29, 0.717) is 31.8 Å². The van der Waals surface area contributed by atoms with Gasteiger partial charge in [0, 0.05) is 25.9 Å². The molecule has 0 aromatic heterocycles. The van der Waals surface area contributed by atoms with Crippen LogP contribution in [-0.4, -0.2) is 24.9 Å². The minimum Gasteiger partial charge on any atom is -0.354 e. The van der Waals surface area contributed by atoms with Gasteiger partial charge in [-0.1, -0.05) is 40.0 Å². The van der Waals surface area contributed by atoms with E-state index in [4.69, 9.17) is 0 Å². The fourth-order valence-electron chi connectivity index (χ4n) is 1.71.